The van der Waals surface area contributed by atoms with Crippen molar-refractivity contribution in [1.82, 2.24) is 15.0 Å². The summed E-state index contributed by atoms with van der Waals surface area (Å²) in [6.07, 6.45) is -0.996. The molecule has 1 saturated heterocycles. The number of carbonyl (C=O) groups is 1. The minimum absolute atomic E-state index is 0.129. The Bertz CT molecular complexity index is 1030. The Morgan fingerprint density at radius 2 is 1.94 bits per heavy atom. The molecule has 35 heavy (non-hydrogen) atoms. The number of nitrogens with zero attached hydrogens (tertiary/aromatic N) is 5. The molecular weight excluding hydrogens is 480 g/mol. The van der Waals surface area contributed by atoms with Crippen LogP contribution in [0.2, 0.25) is 0 Å². The SMILES string of the molecule is CC(C)(C)OC(=O)N(c1cc(N2CCOCC2)nc(-c2nc(CO)cs2)n1)C1CCC(F)(F)CC1. The third-order valence-electron chi connectivity index (χ3n) is 5.83. The Labute approximate surface area is 207 Å². The van der Waals surface area contributed by atoms with Crippen LogP contribution in [0, 0.1) is 0 Å². The van der Waals surface area contributed by atoms with Crippen LogP contribution in [0.1, 0.15) is 52.1 Å². The molecule has 192 valence electrons. The number of hydrogen-bond acceptors (Lipinski definition) is 9. The Balaban J connectivity index is 1.77. The molecule has 1 aliphatic carbocycles. The number of aliphatic hydroxyl groups is 1. The molecule has 12 heteroatoms. The third-order valence-corrected chi connectivity index (χ3v) is 6.72. The summed E-state index contributed by atoms with van der Waals surface area (Å²) >= 11 is 1.28. The summed E-state index contributed by atoms with van der Waals surface area (Å²) in [5.41, 5.74) is -0.284. The van der Waals surface area contributed by atoms with Crippen molar-refractivity contribution in [2.24, 2.45) is 0 Å². The lowest BCUT2D eigenvalue weighted by Gasteiger charge is -2.37. The number of carbonyl (C=O) groups excluding carboxylic acids is 1. The van der Waals surface area contributed by atoms with Gasteiger partial charge in [-0.15, -0.1) is 11.3 Å². The Hall–Kier alpha value is -2.44. The summed E-state index contributed by atoms with van der Waals surface area (Å²) in [7, 11) is 0. The van der Waals surface area contributed by atoms with E-state index in [-0.39, 0.29) is 38.1 Å². The van der Waals surface area contributed by atoms with E-state index in [4.69, 9.17) is 9.47 Å². The van der Waals surface area contributed by atoms with Crippen molar-refractivity contribution in [3.63, 3.8) is 0 Å². The maximum absolute atomic E-state index is 13.9. The van der Waals surface area contributed by atoms with Crippen LogP contribution in [-0.2, 0) is 16.1 Å². The number of hydrogen-bond donors (Lipinski definition) is 1. The first-order valence-electron chi connectivity index (χ1n) is 11.7. The molecule has 2 aliphatic rings. The zero-order chi connectivity index (χ0) is 25.2. The number of amides is 1. The van der Waals surface area contributed by atoms with Crippen molar-refractivity contribution in [2.75, 3.05) is 36.1 Å². The minimum Gasteiger partial charge on any atom is -0.443 e. The number of aromatic nitrogens is 3. The van der Waals surface area contributed by atoms with Gasteiger partial charge < -0.3 is 19.5 Å². The number of aliphatic hydroxyl groups excluding tert-OH is 1. The quantitative estimate of drug-likeness (QED) is 0.636. The van der Waals surface area contributed by atoms with Crippen LogP contribution >= 0.6 is 11.3 Å². The standard InChI is InChI=1S/C23H31F2N5O4S/c1-22(2,3)34-21(32)30(16-4-6-23(24,25)7-5-16)18-12-17(29-8-10-33-11-9-29)27-19(28-18)20-26-15(13-31)14-35-20/h12,14,16,31H,4-11,13H2,1-3H3. The first kappa shape index (κ1) is 25.6. The monoisotopic (exact) mass is 511 g/mol. The van der Waals surface area contributed by atoms with Crippen LogP contribution in [0.5, 0.6) is 0 Å². The first-order chi connectivity index (χ1) is 16.5. The van der Waals surface area contributed by atoms with E-state index in [1.54, 1.807) is 32.2 Å². The summed E-state index contributed by atoms with van der Waals surface area (Å²) in [6, 6.07) is 1.21. The van der Waals surface area contributed by atoms with Crippen molar-refractivity contribution < 1.29 is 28.2 Å². The van der Waals surface area contributed by atoms with Crippen LogP contribution in [0.15, 0.2) is 11.4 Å². The maximum atomic E-state index is 13.9. The number of ether oxygens (including phenoxy) is 2. The largest absolute Gasteiger partial charge is 0.443 e. The van der Waals surface area contributed by atoms with E-state index in [2.05, 4.69) is 15.0 Å². The van der Waals surface area contributed by atoms with Crippen molar-refractivity contribution in [1.29, 1.82) is 0 Å². The zero-order valence-corrected chi connectivity index (χ0v) is 21.0. The summed E-state index contributed by atoms with van der Waals surface area (Å²) in [4.78, 5) is 30.5. The van der Waals surface area contributed by atoms with Gasteiger partial charge in [0.05, 0.1) is 25.5 Å². The van der Waals surface area contributed by atoms with Crippen molar-refractivity contribution >= 4 is 29.1 Å². The number of thiazole rings is 1. The van der Waals surface area contributed by atoms with E-state index < -0.39 is 23.7 Å². The van der Waals surface area contributed by atoms with Gasteiger partial charge in [-0.2, -0.15) is 0 Å². The molecule has 2 aromatic rings. The molecule has 3 heterocycles. The molecule has 0 unspecified atom stereocenters. The predicted octanol–water partition coefficient (Wildman–Crippen LogP) is 4.25. The van der Waals surface area contributed by atoms with E-state index in [1.807, 2.05) is 4.90 Å². The Morgan fingerprint density at radius 1 is 1.26 bits per heavy atom. The molecule has 0 atom stereocenters. The fourth-order valence-electron chi connectivity index (χ4n) is 4.10. The Kier molecular flexibility index (Phi) is 7.53. The van der Waals surface area contributed by atoms with E-state index >= 15 is 0 Å². The zero-order valence-electron chi connectivity index (χ0n) is 20.2. The van der Waals surface area contributed by atoms with Crippen LogP contribution < -0.4 is 9.80 Å². The van der Waals surface area contributed by atoms with Gasteiger partial charge in [0, 0.05) is 43.4 Å². The van der Waals surface area contributed by atoms with Gasteiger partial charge in [0.15, 0.2) is 10.8 Å². The van der Waals surface area contributed by atoms with Gasteiger partial charge in [0.2, 0.25) is 5.92 Å². The highest BCUT2D eigenvalue weighted by Crippen LogP contribution is 2.38. The van der Waals surface area contributed by atoms with Gasteiger partial charge in [0.1, 0.15) is 17.2 Å². The highest BCUT2D eigenvalue weighted by Gasteiger charge is 2.40. The molecular formula is C23H31F2N5O4S. The normalized spacial score (nSPS) is 19.0. The molecule has 1 N–H and O–H groups in total. The van der Waals surface area contributed by atoms with Gasteiger partial charge in [-0.25, -0.2) is 28.5 Å². The third kappa shape index (κ3) is 6.42. The predicted molar refractivity (Wildman–Crippen MR) is 128 cm³/mol. The molecule has 0 spiro atoms. The smallest absolute Gasteiger partial charge is 0.416 e. The highest BCUT2D eigenvalue weighted by molar-refractivity contribution is 7.13. The topological polar surface area (TPSA) is 101 Å². The molecule has 1 aliphatic heterocycles. The summed E-state index contributed by atoms with van der Waals surface area (Å²) < 4.78 is 39.0. The fourth-order valence-corrected chi connectivity index (χ4v) is 4.84. The molecule has 9 nitrogen and oxygen atoms in total. The van der Waals surface area contributed by atoms with E-state index in [0.29, 0.717) is 48.6 Å². The minimum atomic E-state index is -2.74. The van der Waals surface area contributed by atoms with Crippen LogP contribution in [0.4, 0.5) is 25.2 Å². The fraction of sp³-hybridized carbons (Fsp3) is 0.652. The average Bonchev–Trinajstić information content (AvgIpc) is 3.29. The van der Waals surface area contributed by atoms with Crippen LogP contribution in [0.25, 0.3) is 10.8 Å². The van der Waals surface area contributed by atoms with Crippen LogP contribution in [0.3, 0.4) is 0 Å². The van der Waals surface area contributed by atoms with Gasteiger partial charge in [0.25, 0.3) is 0 Å². The van der Waals surface area contributed by atoms with Crippen molar-refractivity contribution in [3.8, 4) is 10.8 Å². The van der Waals surface area contributed by atoms with Crippen LogP contribution in [-0.4, -0.2) is 70.0 Å². The second-order valence-electron chi connectivity index (χ2n) is 9.75. The number of anilines is 2. The molecule has 0 radical (unpaired) electrons. The highest BCUT2D eigenvalue weighted by atomic mass is 32.1. The number of alkyl halides is 2. The second kappa shape index (κ2) is 10.3. The van der Waals surface area contributed by atoms with Gasteiger partial charge in [-0.05, 0) is 33.6 Å². The molecule has 2 aromatic heterocycles. The first-order valence-corrected chi connectivity index (χ1v) is 12.6. The number of morpholine rings is 1. The molecule has 1 saturated carbocycles. The van der Waals surface area contributed by atoms with Gasteiger partial charge in [-0.1, -0.05) is 0 Å². The number of rotatable bonds is 5. The lowest BCUT2D eigenvalue weighted by Crippen LogP contribution is -2.47. The molecule has 2 fully saturated rings. The van der Waals surface area contributed by atoms with Crippen molar-refractivity contribution in [3.05, 3.63) is 17.1 Å². The molecule has 0 bridgehead atoms. The Morgan fingerprint density at radius 3 is 2.54 bits per heavy atom. The average molecular weight is 512 g/mol. The lowest BCUT2D eigenvalue weighted by molar-refractivity contribution is -0.0388. The van der Waals surface area contributed by atoms with Crippen molar-refractivity contribution in [2.45, 2.75) is 70.6 Å². The molecule has 4 rings (SSSR count). The summed E-state index contributed by atoms with van der Waals surface area (Å²) in [6.45, 7) is 7.35. The van der Waals surface area contributed by atoms with E-state index in [1.165, 1.54) is 16.2 Å². The summed E-state index contributed by atoms with van der Waals surface area (Å²) in [5, 5.41) is 11.7. The van der Waals surface area contributed by atoms with Gasteiger partial charge in [-0.3, -0.25) is 4.90 Å². The molecule has 0 aromatic carbocycles. The number of halogens is 2. The van der Waals surface area contributed by atoms with E-state index in [0.717, 1.165) is 0 Å². The molecule has 1 amide bonds. The summed E-state index contributed by atoms with van der Waals surface area (Å²) in [5.74, 6) is -1.58. The van der Waals surface area contributed by atoms with Gasteiger partial charge >= 0.3 is 6.09 Å². The lowest BCUT2D eigenvalue weighted by atomic mass is 9.91. The maximum Gasteiger partial charge on any atom is 0.416 e. The van der Waals surface area contributed by atoms with E-state index in [9.17, 15) is 18.7 Å². The second-order valence-corrected chi connectivity index (χ2v) is 10.6.